The summed E-state index contributed by atoms with van der Waals surface area (Å²) in [4.78, 5) is 36.8. The summed E-state index contributed by atoms with van der Waals surface area (Å²) in [5.74, 6) is -2.44. The number of hydrogen-bond acceptors (Lipinski definition) is 10. The molecule has 1 aliphatic rings. The molecule has 0 aromatic rings. The Morgan fingerprint density at radius 1 is 0.526 bits per heavy atom. The van der Waals surface area contributed by atoms with Crippen LogP contribution in [-0.4, -0.2) is 88.4 Å². The average molecular weight is 813 g/mol. The smallest absolute Gasteiger partial charge is 0.335 e. The molecule has 0 amide bonds. The van der Waals surface area contributed by atoms with Crippen LogP contribution in [0.4, 0.5) is 0 Å². The Balaban J connectivity index is 2.31. The van der Waals surface area contributed by atoms with E-state index in [1.165, 1.54) is 116 Å². The van der Waals surface area contributed by atoms with Gasteiger partial charge in [0.2, 0.25) is 0 Å². The van der Waals surface area contributed by atoms with Gasteiger partial charge < -0.3 is 39.4 Å². The van der Waals surface area contributed by atoms with Crippen molar-refractivity contribution in [1.82, 2.24) is 0 Å². The molecular weight excluding hydrogens is 728 g/mol. The van der Waals surface area contributed by atoms with Gasteiger partial charge in [0, 0.05) is 12.8 Å². The molecule has 0 saturated carbocycles. The van der Waals surface area contributed by atoms with Gasteiger partial charge in [-0.2, -0.15) is 0 Å². The zero-order valence-electron chi connectivity index (χ0n) is 36.1. The number of carbonyl (C=O) groups is 3. The highest BCUT2D eigenvalue weighted by Gasteiger charge is 2.47. The van der Waals surface area contributed by atoms with Gasteiger partial charge in [-0.1, -0.05) is 180 Å². The molecule has 1 rings (SSSR count). The van der Waals surface area contributed by atoms with Gasteiger partial charge in [0.15, 0.2) is 18.5 Å². The molecular formula is C46H84O11. The van der Waals surface area contributed by atoms with Crippen LogP contribution in [0.15, 0.2) is 12.2 Å². The second-order valence-electron chi connectivity index (χ2n) is 16.3. The van der Waals surface area contributed by atoms with Crippen molar-refractivity contribution < 1.29 is 53.8 Å². The Bertz CT molecular complexity index is 1000. The molecule has 6 atom stereocenters. The fourth-order valence-corrected chi connectivity index (χ4v) is 7.16. The number of carboxylic acids is 1. The van der Waals surface area contributed by atoms with Gasteiger partial charge in [-0.25, -0.2) is 4.79 Å². The monoisotopic (exact) mass is 813 g/mol. The summed E-state index contributed by atoms with van der Waals surface area (Å²) in [6.45, 7) is 3.78. The number of hydrogen-bond donors (Lipinski definition) is 4. The van der Waals surface area contributed by atoms with Crippen LogP contribution in [0, 0.1) is 0 Å². The van der Waals surface area contributed by atoms with Gasteiger partial charge in [-0.3, -0.25) is 9.59 Å². The molecule has 4 N–H and O–H groups in total. The van der Waals surface area contributed by atoms with E-state index < -0.39 is 54.7 Å². The quantitative estimate of drug-likeness (QED) is 0.0265. The number of aliphatic carboxylic acids is 1. The summed E-state index contributed by atoms with van der Waals surface area (Å²) in [6.07, 6.45) is 29.9. The Kier molecular flexibility index (Phi) is 34.4. The topological polar surface area (TPSA) is 169 Å². The minimum atomic E-state index is -1.86. The number of carbonyl (C=O) groups excluding carboxylic acids is 2. The molecule has 1 saturated heterocycles. The van der Waals surface area contributed by atoms with Crippen LogP contribution in [-0.2, 0) is 33.3 Å². The Hall–Kier alpha value is -2.05. The van der Waals surface area contributed by atoms with Crippen molar-refractivity contribution in [3.63, 3.8) is 0 Å². The molecule has 0 radical (unpaired) electrons. The number of carboxylic acid groups (broad SMARTS) is 1. The van der Waals surface area contributed by atoms with E-state index in [0.29, 0.717) is 12.8 Å². The first-order chi connectivity index (χ1) is 27.7. The van der Waals surface area contributed by atoms with Gasteiger partial charge in [0.25, 0.3) is 0 Å². The molecule has 57 heavy (non-hydrogen) atoms. The van der Waals surface area contributed by atoms with Crippen molar-refractivity contribution in [2.75, 3.05) is 13.2 Å². The Morgan fingerprint density at radius 3 is 1.42 bits per heavy atom. The molecule has 0 spiro atoms. The predicted molar refractivity (Wildman–Crippen MR) is 225 cm³/mol. The first-order valence-corrected chi connectivity index (χ1v) is 23.2. The molecule has 334 valence electrons. The lowest BCUT2D eigenvalue weighted by molar-refractivity contribution is -0.298. The van der Waals surface area contributed by atoms with Gasteiger partial charge in [0.05, 0.1) is 6.61 Å². The van der Waals surface area contributed by atoms with Crippen molar-refractivity contribution in [3.05, 3.63) is 12.2 Å². The first-order valence-electron chi connectivity index (χ1n) is 23.2. The highest BCUT2D eigenvalue weighted by molar-refractivity contribution is 5.73. The normalized spacial score (nSPS) is 20.2. The van der Waals surface area contributed by atoms with E-state index in [1.54, 1.807) is 0 Å². The third kappa shape index (κ3) is 28.9. The van der Waals surface area contributed by atoms with E-state index in [0.717, 1.165) is 57.8 Å². The first kappa shape index (κ1) is 53.0. The lowest BCUT2D eigenvalue weighted by Gasteiger charge is -2.38. The number of esters is 2. The average Bonchev–Trinajstić information content (AvgIpc) is 3.19. The highest BCUT2D eigenvalue weighted by atomic mass is 16.7. The van der Waals surface area contributed by atoms with Crippen molar-refractivity contribution in [1.29, 1.82) is 0 Å². The predicted octanol–water partition coefficient (Wildman–Crippen LogP) is 10.0. The Labute approximate surface area is 346 Å². The van der Waals surface area contributed by atoms with E-state index in [9.17, 15) is 34.8 Å². The Morgan fingerprint density at radius 2 is 0.947 bits per heavy atom. The minimum absolute atomic E-state index is 0.187. The number of unbranched alkanes of at least 4 members (excludes halogenated alkanes) is 26. The van der Waals surface area contributed by atoms with Crippen molar-refractivity contribution in [3.8, 4) is 0 Å². The standard InChI is InChI=1S/C46H84O11/c1-3-5-7-9-11-13-15-16-17-18-19-20-21-22-23-25-27-29-31-33-35-40(48)56-38(37-55-46-43(51)41(49)42(50)44(57-46)45(52)53)36-54-39(47)34-32-30-28-26-24-14-12-10-8-6-4-2/h10,12,38,41-44,46,49-51H,3-9,11,13-37H2,1-2H3,(H,52,53)/b12-10-. The number of ether oxygens (including phenoxy) is 4. The third-order valence-corrected chi connectivity index (χ3v) is 10.9. The van der Waals surface area contributed by atoms with Crippen LogP contribution < -0.4 is 0 Å². The van der Waals surface area contributed by atoms with Crippen molar-refractivity contribution >= 4 is 17.9 Å². The minimum Gasteiger partial charge on any atom is -0.479 e. The second kappa shape index (κ2) is 37.0. The molecule has 1 fully saturated rings. The molecule has 0 aromatic carbocycles. The molecule has 1 aliphatic heterocycles. The maximum atomic E-state index is 12.8. The van der Waals surface area contributed by atoms with Crippen LogP contribution in [0.1, 0.15) is 213 Å². The largest absolute Gasteiger partial charge is 0.479 e. The fourth-order valence-electron chi connectivity index (χ4n) is 7.16. The van der Waals surface area contributed by atoms with Crippen molar-refractivity contribution in [2.45, 2.75) is 250 Å². The second-order valence-corrected chi connectivity index (χ2v) is 16.3. The summed E-state index contributed by atoms with van der Waals surface area (Å²) in [7, 11) is 0. The number of aliphatic hydroxyl groups excluding tert-OH is 3. The molecule has 11 heteroatoms. The molecule has 11 nitrogen and oxygen atoms in total. The van der Waals surface area contributed by atoms with Gasteiger partial charge >= 0.3 is 17.9 Å². The molecule has 0 bridgehead atoms. The number of allylic oxidation sites excluding steroid dienone is 2. The number of rotatable bonds is 39. The SMILES string of the molecule is CCCC/C=C\CCCCCCCC(=O)OCC(COC1OC(C(=O)O)C(O)C(O)C1O)OC(=O)CCCCCCCCCCCCCCCCCCCCCC. The van der Waals surface area contributed by atoms with E-state index in [-0.39, 0.29) is 26.1 Å². The maximum absolute atomic E-state index is 12.8. The van der Waals surface area contributed by atoms with E-state index in [4.69, 9.17) is 18.9 Å². The van der Waals surface area contributed by atoms with Crippen LogP contribution >= 0.6 is 0 Å². The third-order valence-electron chi connectivity index (χ3n) is 10.9. The zero-order chi connectivity index (χ0) is 41.8. The van der Waals surface area contributed by atoms with E-state index >= 15 is 0 Å². The lowest BCUT2D eigenvalue weighted by Crippen LogP contribution is -2.60. The molecule has 1 heterocycles. The molecule has 0 aliphatic carbocycles. The summed E-state index contributed by atoms with van der Waals surface area (Å²) < 4.78 is 21.7. The number of aliphatic hydroxyl groups is 3. The summed E-state index contributed by atoms with van der Waals surface area (Å²) in [6, 6.07) is 0. The molecule has 0 aromatic heterocycles. The van der Waals surface area contributed by atoms with Crippen molar-refractivity contribution in [2.24, 2.45) is 0 Å². The van der Waals surface area contributed by atoms with Gasteiger partial charge in [-0.15, -0.1) is 0 Å². The van der Waals surface area contributed by atoms with Crippen LogP contribution in [0.2, 0.25) is 0 Å². The van der Waals surface area contributed by atoms with E-state index in [2.05, 4.69) is 26.0 Å². The van der Waals surface area contributed by atoms with E-state index in [1.807, 2.05) is 0 Å². The van der Waals surface area contributed by atoms with Crippen LogP contribution in [0.3, 0.4) is 0 Å². The fraction of sp³-hybridized carbons (Fsp3) is 0.891. The highest BCUT2D eigenvalue weighted by Crippen LogP contribution is 2.23. The maximum Gasteiger partial charge on any atom is 0.335 e. The molecule has 6 unspecified atom stereocenters. The van der Waals surface area contributed by atoms with Crippen LogP contribution in [0.5, 0.6) is 0 Å². The van der Waals surface area contributed by atoms with Crippen LogP contribution in [0.25, 0.3) is 0 Å². The summed E-state index contributed by atoms with van der Waals surface area (Å²) in [5.41, 5.74) is 0. The lowest BCUT2D eigenvalue weighted by atomic mass is 9.99. The zero-order valence-corrected chi connectivity index (χ0v) is 36.1. The summed E-state index contributed by atoms with van der Waals surface area (Å²) in [5, 5.41) is 39.8. The van der Waals surface area contributed by atoms with Gasteiger partial charge in [-0.05, 0) is 32.1 Å². The summed E-state index contributed by atoms with van der Waals surface area (Å²) >= 11 is 0. The van der Waals surface area contributed by atoms with Gasteiger partial charge in [0.1, 0.15) is 24.9 Å².